The third-order valence-corrected chi connectivity index (χ3v) is 7.80. The average Bonchev–Trinajstić information content (AvgIpc) is 2.90. The number of nitrogens with zero attached hydrogens (tertiary/aromatic N) is 1. The van der Waals surface area contributed by atoms with Crippen LogP contribution in [0.3, 0.4) is 0 Å². The number of halogens is 2. The minimum atomic E-state index is -3.31. The molecule has 1 heterocycles. The normalized spacial score (nSPS) is 19.6. The number of carbonyl (C=O) groups excluding carboxylic acids is 1. The Bertz CT molecular complexity index is 1090. The molecule has 1 aromatic carbocycles. The Balaban J connectivity index is 1.84. The molecule has 0 spiro atoms. The maximum absolute atomic E-state index is 15.5. The first-order valence-electron chi connectivity index (χ1n) is 13.9. The second-order valence-corrected chi connectivity index (χ2v) is 11.4. The number of amides is 1. The molecule has 0 bridgehead atoms. The summed E-state index contributed by atoms with van der Waals surface area (Å²) in [7, 11) is 0. The summed E-state index contributed by atoms with van der Waals surface area (Å²) in [6.07, 6.45) is 1.24. The Kier molecular flexibility index (Phi) is 10.2. The van der Waals surface area contributed by atoms with Crippen LogP contribution in [0.25, 0.3) is 0 Å². The summed E-state index contributed by atoms with van der Waals surface area (Å²) in [4.78, 5) is 25.4. The third-order valence-electron chi connectivity index (χ3n) is 7.80. The number of rotatable bonds is 9. The fraction of sp³-hybridized carbons (Fsp3) is 0.613. The number of hydrogen-bond acceptors (Lipinski definition) is 4. The molecule has 0 saturated carbocycles. The smallest absolute Gasteiger partial charge is 0.407 e. The summed E-state index contributed by atoms with van der Waals surface area (Å²) in [5.74, 6) is 0.759. The zero-order valence-electron chi connectivity index (χ0n) is 23.5. The van der Waals surface area contributed by atoms with E-state index >= 15 is 8.78 Å². The highest BCUT2D eigenvalue weighted by molar-refractivity contribution is 5.89. The minimum absolute atomic E-state index is 0.0977. The largest absolute Gasteiger partial charge is 0.465 e. The van der Waals surface area contributed by atoms with E-state index in [4.69, 9.17) is 9.47 Å². The van der Waals surface area contributed by atoms with E-state index in [2.05, 4.69) is 25.7 Å². The number of hydrogen-bond donors (Lipinski definition) is 1. The van der Waals surface area contributed by atoms with Crippen molar-refractivity contribution in [2.75, 3.05) is 19.7 Å². The SMILES string of the molecule is CCOC(=O)C1=C(C(CC)CC(F)(F)C#CC2(OCc3ccccc3)CCN(C(=O)O)CC2)CCC(C)(C)C1. The molecule has 0 radical (unpaired) electrons. The molecule has 1 N–H and O–H groups in total. The first-order valence-corrected chi connectivity index (χ1v) is 13.9. The van der Waals surface area contributed by atoms with Gasteiger partial charge in [-0.3, -0.25) is 0 Å². The van der Waals surface area contributed by atoms with E-state index < -0.39 is 35.9 Å². The van der Waals surface area contributed by atoms with Crippen molar-refractivity contribution in [3.05, 3.63) is 47.0 Å². The number of likely N-dealkylation sites (tertiary alicyclic amines) is 1. The van der Waals surface area contributed by atoms with Gasteiger partial charge < -0.3 is 19.5 Å². The monoisotopic (exact) mass is 545 g/mol. The minimum Gasteiger partial charge on any atom is -0.465 e. The second-order valence-electron chi connectivity index (χ2n) is 11.4. The Hall–Kier alpha value is -2.92. The van der Waals surface area contributed by atoms with Crippen molar-refractivity contribution in [3.63, 3.8) is 0 Å². The topological polar surface area (TPSA) is 76.1 Å². The van der Waals surface area contributed by atoms with E-state index in [9.17, 15) is 14.7 Å². The van der Waals surface area contributed by atoms with Crippen molar-refractivity contribution in [1.82, 2.24) is 4.90 Å². The molecule has 1 saturated heterocycles. The van der Waals surface area contributed by atoms with Gasteiger partial charge in [-0.1, -0.05) is 62.6 Å². The third kappa shape index (κ3) is 8.53. The van der Waals surface area contributed by atoms with Gasteiger partial charge >= 0.3 is 18.0 Å². The van der Waals surface area contributed by atoms with Gasteiger partial charge in [0.05, 0.1) is 13.2 Å². The van der Waals surface area contributed by atoms with Gasteiger partial charge in [-0.15, -0.1) is 0 Å². The summed E-state index contributed by atoms with van der Waals surface area (Å²) in [6.45, 7) is 8.50. The summed E-state index contributed by atoms with van der Waals surface area (Å²) in [6, 6.07) is 9.39. The van der Waals surface area contributed by atoms with Crippen molar-refractivity contribution in [2.24, 2.45) is 11.3 Å². The van der Waals surface area contributed by atoms with Gasteiger partial charge in [0, 0.05) is 37.9 Å². The zero-order chi connectivity index (χ0) is 28.7. The Morgan fingerprint density at radius 1 is 1.13 bits per heavy atom. The number of carboxylic acid groups (broad SMARTS) is 1. The Morgan fingerprint density at radius 3 is 2.38 bits per heavy atom. The van der Waals surface area contributed by atoms with Crippen LogP contribution in [0.4, 0.5) is 13.6 Å². The molecular weight excluding hydrogens is 504 g/mol. The number of piperidine rings is 1. The van der Waals surface area contributed by atoms with E-state index in [1.165, 1.54) is 4.90 Å². The molecule has 1 aromatic rings. The molecule has 1 aliphatic heterocycles. The van der Waals surface area contributed by atoms with E-state index in [-0.39, 0.29) is 44.6 Å². The lowest BCUT2D eigenvalue weighted by Gasteiger charge is -2.37. The lowest BCUT2D eigenvalue weighted by atomic mass is 9.70. The molecule has 2 aliphatic rings. The summed E-state index contributed by atoms with van der Waals surface area (Å²) in [5.41, 5.74) is 0.918. The van der Waals surface area contributed by atoms with Crippen LogP contribution in [0.15, 0.2) is 41.5 Å². The maximum Gasteiger partial charge on any atom is 0.407 e. The summed E-state index contributed by atoms with van der Waals surface area (Å²) < 4.78 is 42.3. The molecule has 1 fully saturated rings. The number of alkyl halides is 2. The molecule has 3 rings (SSSR count). The zero-order valence-corrected chi connectivity index (χ0v) is 23.5. The molecule has 214 valence electrons. The standard InChI is InChI=1S/C31H41F2NO5/c1-5-24(25-12-13-29(3,4)21-26(25)27(35)38-6-2)20-31(32,33)15-14-30(16-18-34(19-17-30)28(36)37)39-22-23-10-8-7-9-11-23/h7-11,24H,5-6,12-13,16-22H2,1-4H3,(H,36,37). The van der Waals surface area contributed by atoms with Crippen molar-refractivity contribution >= 4 is 12.1 Å². The summed E-state index contributed by atoms with van der Waals surface area (Å²) in [5, 5.41) is 9.34. The van der Waals surface area contributed by atoms with Crippen molar-refractivity contribution < 1.29 is 33.0 Å². The highest BCUT2D eigenvalue weighted by Gasteiger charge is 2.40. The quantitative estimate of drug-likeness (QED) is 0.272. The van der Waals surface area contributed by atoms with Gasteiger partial charge in [0.1, 0.15) is 5.60 Å². The van der Waals surface area contributed by atoms with Crippen LogP contribution < -0.4 is 0 Å². The number of carbonyl (C=O) groups is 2. The van der Waals surface area contributed by atoms with E-state index in [1.54, 1.807) is 6.92 Å². The van der Waals surface area contributed by atoms with Crippen LogP contribution in [0.1, 0.15) is 78.2 Å². The van der Waals surface area contributed by atoms with Gasteiger partial charge in [0.15, 0.2) is 0 Å². The molecule has 1 aliphatic carbocycles. The second kappa shape index (κ2) is 13.0. The average molecular weight is 546 g/mol. The number of esters is 1. The highest BCUT2D eigenvalue weighted by Crippen LogP contribution is 2.44. The van der Waals surface area contributed by atoms with Crippen LogP contribution in [0.5, 0.6) is 0 Å². The lowest BCUT2D eigenvalue weighted by molar-refractivity contribution is -0.139. The van der Waals surface area contributed by atoms with Crippen molar-refractivity contribution in [1.29, 1.82) is 0 Å². The van der Waals surface area contributed by atoms with E-state index in [1.807, 2.05) is 37.3 Å². The first-order chi connectivity index (χ1) is 18.4. The first kappa shape index (κ1) is 30.6. The molecule has 0 aromatic heterocycles. The van der Waals surface area contributed by atoms with Crippen LogP contribution in [-0.4, -0.2) is 53.3 Å². The fourth-order valence-electron chi connectivity index (χ4n) is 5.42. The predicted octanol–water partition coefficient (Wildman–Crippen LogP) is 6.84. The number of ether oxygens (including phenoxy) is 2. The molecule has 1 atom stereocenters. The van der Waals surface area contributed by atoms with Crippen LogP contribution >= 0.6 is 0 Å². The molecule has 39 heavy (non-hydrogen) atoms. The van der Waals surface area contributed by atoms with Crippen molar-refractivity contribution in [2.45, 2.75) is 90.8 Å². The Labute approximate surface area is 230 Å². The molecular formula is C31H41F2NO5. The maximum atomic E-state index is 15.5. The fourth-order valence-corrected chi connectivity index (χ4v) is 5.42. The van der Waals surface area contributed by atoms with Gasteiger partial charge in [-0.25, -0.2) is 9.59 Å². The summed E-state index contributed by atoms with van der Waals surface area (Å²) >= 11 is 0. The predicted molar refractivity (Wildman–Crippen MR) is 145 cm³/mol. The molecule has 8 heteroatoms. The van der Waals surface area contributed by atoms with Gasteiger partial charge in [-0.2, -0.15) is 8.78 Å². The number of allylic oxidation sites excluding steroid dienone is 1. The van der Waals surface area contributed by atoms with Crippen LogP contribution in [0.2, 0.25) is 0 Å². The lowest BCUT2D eigenvalue weighted by Crippen LogP contribution is -2.47. The van der Waals surface area contributed by atoms with E-state index in [0.717, 1.165) is 17.6 Å². The highest BCUT2D eigenvalue weighted by atomic mass is 19.3. The van der Waals surface area contributed by atoms with Crippen molar-refractivity contribution in [3.8, 4) is 11.8 Å². The van der Waals surface area contributed by atoms with Gasteiger partial charge in [0.2, 0.25) is 0 Å². The molecule has 1 unspecified atom stereocenters. The van der Waals surface area contributed by atoms with Gasteiger partial charge in [-0.05, 0) is 55.4 Å². The molecule has 1 amide bonds. The van der Waals surface area contributed by atoms with Gasteiger partial charge in [0.25, 0.3) is 0 Å². The number of benzene rings is 1. The Morgan fingerprint density at radius 2 is 1.79 bits per heavy atom. The molecule has 6 nitrogen and oxygen atoms in total. The van der Waals surface area contributed by atoms with Crippen LogP contribution in [0, 0.1) is 23.2 Å². The van der Waals surface area contributed by atoms with Crippen LogP contribution in [-0.2, 0) is 20.9 Å². The van der Waals surface area contributed by atoms with E-state index in [0.29, 0.717) is 24.8 Å².